The molecule has 1 aromatic rings. The average Bonchev–Trinajstić information content (AvgIpc) is 2.93. The Labute approximate surface area is 129 Å². The molecule has 0 aliphatic carbocycles. The Morgan fingerprint density at radius 1 is 1.09 bits per heavy atom. The van der Waals surface area contributed by atoms with Crippen molar-refractivity contribution in [3.05, 3.63) is 23.8 Å². The number of carbonyl (C=O) groups excluding carboxylic acids is 1. The molecular formula is C16H21NO5. The molecule has 2 N–H and O–H groups in total. The molecule has 120 valence electrons. The number of carboxylic acid groups (broad SMARTS) is 1. The number of nitrogens with one attached hydrogen (secondary N) is 1. The zero-order chi connectivity index (χ0) is 15.8. The number of ether oxygens (including phenoxy) is 2. The number of fused-ring (bicyclic) bond motifs is 1. The Bertz CT molecular complexity index is 529. The van der Waals surface area contributed by atoms with Crippen molar-refractivity contribution in [2.75, 3.05) is 13.3 Å². The molecule has 22 heavy (non-hydrogen) atoms. The fourth-order valence-electron chi connectivity index (χ4n) is 2.28. The molecule has 0 unspecified atom stereocenters. The second-order valence-electron chi connectivity index (χ2n) is 5.27. The van der Waals surface area contributed by atoms with Crippen LogP contribution >= 0.6 is 0 Å². The van der Waals surface area contributed by atoms with E-state index in [9.17, 15) is 9.59 Å². The highest BCUT2D eigenvalue weighted by molar-refractivity contribution is 5.78. The van der Waals surface area contributed by atoms with Crippen molar-refractivity contribution in [3.8, 4) is 11.5 Å². The van der Waals surface area contributed by atoms with Crippen LogP contribution in [0.4, 0.5) is 0 Å². The standard InChI is InChI=1S/C16H21NO5/c18-15(17-8-4-2-1-3-5-16(19)20)10-12-6-7-13-14(9-12)22-11-21-13/h6-7,9H,1-5,8,10-11H2,(H,17,18)(H,19,20). The van der Waals surface area contributed by atoms with Gasteiger partial charge in [-0.15, -0.1) is 0 Å². The van der Waals surface area contributed by atoms with E-state index in [2.05, 4.69) is 5.32 Å². The third-order valence-corrected chi connectivity index (χ3v) is 3.44. The summed E-state index contributed by atoms with van der Waals surface area (Å²) in [5.41, 5.74) is 0.892. The van der Waals surface area contributed by atoms with Crippen molar-refractivity contribution < 1.29 is 24.2 Å². The van der Waals surface area contributed by atoms with E-state index in [0.717, 1.165) is 24.8 Å². The van der Waals surface area contributed by atoms with E-state index < -0.39 is 5.97 Å². The number of unbranched alkanes of at least 4 members (excludes halogenated alkanes) is 3. The molecule has 1 aliphatic heterocycles. The molecule has 0 bridgehead atoms. The number of hydrogen-bond acceptors (Lipinski definition) is 4. The summed E-state index contributed by atoms with van der Waals surface area (Å²) < 4.78 is 10.5. The van der Waals surface area contributed by atoms with E-state index in [1.54, 1.807) is 0 Å². The van der Waals surface area contributed by atoms with Gasteiger partial charge in [0.2, 0.25) is 12.7 Å². The molecule has 6 heteroatoms. The van der Waals surface area contributed by atoms with Crippen LogP contribution in [0.3, 0.4) is 0 Å². The van der Waals surface area contributed by atoms with E-state index in [-0.39, 0.29) is 19.1 Å². The van der Waals surface area contributed by atoms with Crippen LogP contribution in [0.1, 0.15) is 37.7 Å². The quantitative estimate of drug-likeness (QED) is 0.683. The van der Waals surface area contributed by atoms with Gasteiger partial charge in [-0.3, -0.25) is 9.59 Å². The van der Waals surface area contributed by atoms with E-state index in [1.165, 1.54) is 0 Å². The zero-order valence-electron chi connectivity index (χ0n) is 12.5. The number of hydrogen-bond donors (Lipinski definition) is 2. The summed E-state index contributed by atoms with van der Waals surface area (Å²) in [6.07, 6.45) is 3.90. The molecule has 0 atom stereocenters. The number of aliphatic carboxylic acids is 1. The molecule has 2 rings (SSSR count). The molecule has 0 saturated heterocycles. The van der Waals surface area contributed by atoms with Crippen molar-refractivity contribution in [3.63, 3.8) is 0 Å². The zero-order valence-corrected chi connectivity index (χ0v) is 12.5. The van der Waals surface area contributed by atoms with Crippen LogP contribution in [-0.4, -0.2) is 30.3 Å². The smallest absolute Gasteiger partial charge is 0.303 e. The van der Waals surface area contributed by atoms with Gasteiger partial charge in [-0.05, 0) is 30.5 Å². The number of carboxylic acids is 1. The van der Waals surface area contributed by atoms with Crippen molar-refractivity contribution in [2.45, 2.75) is 38.5 Å². The first-order chi connectivity index (χ1) is 10.6. The minimum Gasteiger partial charge on any atom is -0.481 e. The molecule has 1 heterocycles. The largest absolute Gasteiger partial charge is 0.481 e. The minimum absolute atomic E-state index is 0.0237. The average molecular weight is 307 g/mol. The Hall–Kier alpha value is -2.24. The summed E-state index contributed by atoms with van der Waals surface area (Å²) in [6.45, 7) is 0.851. The second-order valence-corrected chi connectivity index (χ2v) is 5.27. The summed E-state index contributed by atoms with van der Waals surface area (Å²) in [5, 5.41) is 11.4. The van der Waals surface area contributed by atoms with Crippen molar-refractivity contribution in [2.24, 2.45) is 0 Å². The lowest BCUT2D eigenvalue weighted by atomic mass is 10.1. The molecule has 0 saturated carbocycles. The predicted molar refractivity (Wildman–Crippen MR) is 80.0 cm³/mol. The highest BCUT2D eigenvalue weighted by Crippen LogP contribution is 2.32. The first-order valence-electron chi connectivity index (χ1n) is 7.52. The fourth-order valence-corrected chi connectivity index (χ4v) is 2.28. The minimum atomic E-state index is -0.753. The molecule has 6 nitrogen and oxygen atoms in total. The second kappa shape index (κ2) is 8.26. The number of benzene rings is 1. The third-order valence-electron chi connectivity index (χ3n) is 3.44. The predicted octanol–water partition coefficient (Wildman–Crippen LogP) is 2.11. The lowest BCUT2D eigenvalue weighted by molar-refractivity contribution is -0.137. The van der Waals surface area contributed by atoms with Gasteiger partial charge in [0.05, 0.1) is 6.42 Å². The van der Waals surface area contributed by atoms with Crippen LogP contribution < -0.4 is 14.8 Å². The van der Waals surface area contributed by atoms with Gasteiger partial charge in [-0.25, -0.2) is 0 Å². The van der Waals surface area contributed by atoms with Gasteiger partial charge >= 0.3 is 5.97 Å². The van der Waals surface area contributed by atoms with Crippen LogP contribution in [0.2, 0.25) is 0 Å². The number of amides is 1. The maximum atomic E-state index is 11.8. The summed E-state index contributed by atoms with van der Waals surface area (Å²) in [5.74, 6) is 0.621. The topological polar surface area (TPSA) is 84.9 Å². The van der Waals surface area contributed by atoms with Gasteiger partial charge in [0.15, 0.2) is 11.5 Å². The van der Waals surface area contributed by atoms with E-state index in [4.69, 9.17) is 14.6 Å². The van der Waals surface area contributed by atoms with Crippen LogP contribution in [0.15, 0.2) is 18.2 Å². The number of rotatable bonds is 9. The van der Waals surface area contributed by atoms with Crippen molar-refractivity contribution in [1.82, 2.24) is 5.32 Å². The van der Waals surface area contributed by atoms with Crippen molar-refractivity contribution in [1.29, 1.82) is 0 Å². The Morgan fingerprint density at radius 3 is 2.68 bits per heavy atom. The maximum absolute atomic E-state index is 11.8. The lowest BCUT2D eigenvalue weighted by Gasteiger charge is -2.06. The normalized spacial score (nSPS) is 12.2. The molecule has 0 spiro atoms. The summed E-state index contributed by atoms with van der Waals surface area (Å²) >= 11 is 0. The Morgan fingerprint density at radius 2 is 1.86 bits per heavy atom. The SMILES string of the molecule is O=C(O)CCCCCCNC(=O)Cc1ccc2c(c1)OCO2. The molecule has 1 aliphatic rings. The Kier molecular flexibility index (Phi) is 6.06. The van der Waals surface area contributed by atoms with Crippen LogP contribution in [0.5, 0.6) is 11.5 Å². The van der Waals surface area contributed by atoms with Gasteiger partial charge in [0.25, 0.3) is 0 Å². The van der Waals surface area contributed by atoms with E-state index in [1.807, 2.05) is 18.2 Å². The van der Waals surface area contributed by atoms with E-state index >= 15 is 0 Å². The highest BCUT2D eigenvalue weighted by atomic mass is 16.7. The Balaban J connectivity index is 1.59. The monoisotopic (exact) mass is 307 g/mol. The summed E-state index contributed by atoms with van der Waals surface area (Å²) in [4.78, 5) is 22.2. The summed E-state index contributed by atoms with van der Waals surface area (Å²) in [7, 11) is 0. The molecule has 0 aromatic heterocycles. The van der Waals surface area contributed by atoms with Gasteiger partial charge in [0.1, 0.15) is 0 Å². The first kappa shape index (κ1) is 16.1. The lowest BCUT2D eigenvalue weighted by Crippen LogP contribution is -2.26. The maximum Gasteiger partial charge on any atom is 0.303 e. The van der Waals surface area contributed by atoms with Gasteiger partial charge < -0.3 is 19.9 Å². The fraction of sp³-hybridized carbons (Fsp3) is 0.500. The highest BCUT2D eigenvalue weighted by Gasteiger charge is 2.14. The van der Waals surface area contributed by atoms with Gasteiger partial charge in [-0.2, -0.15) is 0 Å². The van der Waals surface area contributed by atoms with Gasteiger partial charge in [-0.1, -0.05) is 18.9 Å². The summed E-state index contributed by atoms with van der Waals surface area (Å²) in [6, 6.07) is 5.50. The van der Waals surface area contributed by atoms with Crippen LogP contribution in [0, 0.1) is 0 Å². The molecule has 1 aromatic carbocycles. The van der Waals surface area contributed by atoms with Crippen LogP contribution in [0.25, 0.3) is 0 Å². The molecular weight excluding hydrogens is 286 g/mol. The third kappa shape index (κ3) is 5.27. The van der Waals surface area contributed by atoms with Crippen molar-refractivity contribution >= 4 is 11.9 Å². The molecule has 0 fully saturated rings. The number of carbonyl (C=O) groups is 2. The molecule has 1 amide bonds. The first-order valence-corrected chi connectivity index (χ1v) is 7.52. The van der Waals surface area contributed by atoms with E-state index in [0.29, 0.717) is 30.9 Å². The molecule has 0 radical (unpaired) electrons. The van der Waals surface area contributed by atoms with Crippen LogP contribution in [-0.2, 0) is 16.0 Å². The van der Waals surface area contributed by atoms with Gasteiger partial charge in [0, 0.05) is 13.0 Å².